The highest BCUT2D eigenvalue weighted by molar-refractivity contribution is 7.92. The molecule has 13 heteroatoms. The summed E-state index contributed by atoms with van der Waals surface area (Å²) in [6.45, 7) is 1.03. The fourth-order valence-corrected chi connectivity index (χ4v) is 7.29. The zero-order chi connectivity index (χ0) is 34.8. The molecule has 0 unspecified atom stereocenters. The van der Waals surface area contributed by atoms with Crippen LogP contribution in [0.1, 0.15) is 51.0 Å². The fraction of sp³-hybridized carbons (Fsp3) is 0.429. The number of amides is 2. The van der Waals surface area contributed by atoms with Crippen LogP contribution in [-0.4, -0.2) is 72.2 Å². The molecule has 2 amide bonds. The standard InChI is InChI=1S/C35H44FN3O8S/c1-6-29(35(41)37-26-10-8-7-9-11-26)38(22-24-12-14-25(36)15-13-24)34(40)23-39(30-20-27(44-2)16-18-31(30)45-3)48(42,43)28-17-19-32(46-4)33(21-28)47-5/h12-21,26,29H,6-11,22-23H2,1-5H3,(H,37,41)/t29-/m1/s1. The molecule has 48 heavy (non-hydrogen) atoms. The number of rotatable bonds is 15. The van der Waals surface area contributed by atoms with Gasteiger partial charge in [0.2, 0.25) is 11.8 Å². The molecule has 0 bridgehead atoms. The summed E-state index contributed by atoms with van der Waals surface area (Å²) in [5, 5.41) is 3.11. The minimum atomic E-state index is -4.49. The van der Waals surface area contributed by atoms with Gasteiger partial charge in [-0.25, -0.2) is 12.8 Å². The van der Waals surface area contributed by atoms with Crippen molar-refractivity contribution in [2.75, 3.05) is 39.3 Å². The Bertz CT molecular complexity index is 1660. The maximum atomic E-state index is 14.5. The molecule has 0 heterocycles. The first-order chi connectivity index (χ1) is 23.1. The number of carbonyl (C=O) groups is 2. The second kappa shape index (κ2) is 16.5. The lowest BCUT2D eigenvalue weighted by Crippen LogP contribution is -2.54. The number of anilines is 1. The van der Waals surface area contributed by atoms with Gasteiger partial charge in [-0.1, -0.05) is 38.3 Å². The molecule has 0 aromatic heterocycles. The number of benzene rings is 3. The van der Waals surface area contributed by atoms with Crippen molar-refractivity contribution in [2.24, 2.45) is 0 Å². The number of hydrogen-bond acceptors (Lipinski definition) is 8. The Morgan fingerprint density at radius 3 is 2.10 bits per heavy atom. The molecule has 1 aliphatic rings. The molecule has 0 radical (unpaired) electrons. The van der Waals surface area contributed by atoms with Crippen molar-refractivity contribution in [3.8, 4) is 23.0 Å². The number of nitrogens with one attached hydrogen (secondary N) is 1. The Labute approximate surface area is 282 Å². The predicted octanol–water partition coefficient (Wildman–Crippen LogP) is 5.31. The number of halogens is 1. The highest BCUT2D eigenvalue weighted by Gasteiger charge is 2.36. The monoisotopic (exact) mass is 685 g/mol. The van der Waals surface area contributed by atoms with Gasteiger partial charge in [-0.2, -0.15) is 0 Å². The number of hydrogen-bond donors (Lipinski definition) is 1. The average Bonchev–Trinajstić information content (AvgIpc) is 3.10. The first-order valence-electron chi connectivity index (χ1n) is 15.9. The third-order valence-corrected chi connectivity index (χ3v) is 10.2. The van der Waals surface area contributed by atoms with Crippen molar-refractivity contribution in [3.63, 3.8) is 0 Å². The zero-order valence-corrected chi connectivity index (χ0v) is 28.8. The van der Waals surface area contributed by atoms with Gasteiger partial charge in [0.1, 0.15) is 29.9 Å². The molecule has 1 fully saturated rings. The van der Waals surface area contributed by atoms with Crippen molar-refractivity contribution in [3.05, 3.63) is 72.0 Å². The van der Waals surface area contributed by atoms with Crippen LogP contribution in [0.15, 0.2) is 65.6 Å². The van der Waals surface area contributed by atoms with Crippen LogP contribution in [0.2, 0.25) is 0 Å². The molecule has 0 aliphatic heterocycles. The van der Waals surface area contributed by atoms with E-state index in [0.29, 0.717) is 17.1 Å². The number of ether oxygens (including phenoxy) is 4. The van der Waals surface area contributed by atoms with E-state index in [2.05, 4.69) is 5.32 Å². The maximum Gasteiger partial charge on any atom is 0.265 e. The molecule has 0 spiro atoms. The van der Waals surface area contributed by atoms with Gasteiger partial charge in [-0.15, -0.1) is 0 Å². The van der Waals surface area contributed by atoms with Gasteiger partial charge in [0.15, 0.2) is 11.5 Å². The average molecular weight is 686 g/mol. The molecule has 0 saturated heterocycles. The highest BCUT2D eigenvalue weighted by Crippen LogP contribution is 2.38. The molecular weight excluding hydrogens is 641 g/mol. The van der Waals surface area contributed by atoms with Crippen LogP contribution >= 0.6 is 0 Å². The van der Waals surface area contributed by atoms with E-state index in [1.807, 2.05) is 0 Å². The quantitative estimate of drug-likeness (QED) is 0.228. The number of methoxy groups -OCH3 is 4. The van der Waals surface area contributed by atoms with Crippen LogP contribution in [0, 0.1) is 5.82 Å². The number of sulfonamides is 1. The third kappa shape index (κ3) is 8.49. The molecule has 1 N–H and O–H groups in total. The normalized spacial score (nSPS) is 14.0. The van der Waals surface area contributed by atoms with E-state index >= 15 is 0 Å². The lowest BCUT2D eigenvalue weighted by molar-refractivity contribution is -0.140. The lowest BCUT2D eigenvalue weighted by Gasteiger charge is -2.34. The molecule has 3 aromatic rings. The Morgan fingerprint density at radius 2 is 1.50 bits per heavy atom. The van der Waals surface area contributed by atoms with Crippen LogP contribution in [0.25, 0.3) is 0 Å². The van der Waals surface area contributed by atoms with E-state index in [0.717, 1.165) is 36.4 Å². The van der Waals surface area contributed by atoms with E-state index in [1.165, 1.54) is 81.9 Å². The number of nitrogens with zero attached hydrogens (tertiary/aromatic N) is 2. The Hall–Kier alpha value is -4.52. The second-order valence-electron chi connectivity index (χ2n) is 11.5. The molecule has 1 atom stereocenters. The highest BCUT2D eigenvalue weighted by atomic mass is 32.2. The predicted molar refractivity (Wildman–Crippen MR) is 180 cm³/mol. The van der Waals surface area contributed by atoms with Gasteiger partial charge in [-0.05, 0) is 61.2 Å². The van der Waals surface area contributed by atoms with E-state index in [9.17, 15) is 22.4 Å². The van der Waals surface area contributed by atoms with Crippen molar-refractivity contribution in [1.29, 1.82) is 0 Å². The van der Waals surface area contributed by atoms with E-state index in [1.54, 1.807) is 19.1 Å². The van der Waals surface area contributed by atoms with Crippen molar-refractivity contribution in [1.82, 2.24) is 10.2 Å². The zero-order valence-electron chi connectivity index (χ0n) is 28.0. The molecule has 1 saturated carbocycles. The SMILES string of the molecule is CC[C@H](C(=O)NC1CCCCC1)N(Cc1ccc(F)cc1)C(=O)CN(c1cc(OC)ccc1OC)S(=O)(=O)c1ccc(OC)c(OC)c1. The fourth-order valence-electron chi connectivity index (χ4n) is 5.86. The topological polar surface area (TPSA) is 124 Å². The summed E-state index contributed by atoms with van der Waals surface area (Å²) in [7, 11) is 1.15. The lowest BCUT2D eigenvalue weighted by atomic mass is 9.95. The minimum absolute atomic E-state index is 0.00829. The van der Waals surface area contributed by atoms with Crippen LogP contribution in [0.4, 0.5) is 10.1 Å². The molecule has 1 aliphatic carbocycles. The molecule has 3 aromatic carbocycles. The first-order valence-corrected chi connectivity index (χ1v) is 17.3. The minimum Gasteiger partial charge on any atom is -0.497 e. The Balaban J connectivity index is 1.81. The summed E-state index contributed by atoms with van der Waals surface area (Å²) in [4.78, 5) is 29.4. The van der Waals surface area contributed by atoms with Gasteiger partial charge >= 0.3 is 0 Å². The first kappa shape index (κ1) is 36.3. The van der Waals surface area contributed by atoms with Crippen molar-refractivity contribution >= 4 is 27.5 Å². The largest absolute Gasteiger partial charge is 0.497 e. The van der Waals surface area contributed by atoms with Crippen molar-refractivity contribution < 1.29 is 41.3 Å². The second-order valence-corrected chi connectivity index (χ2v) is 13.3. The van der Waals surface area contributed by atoms with Gasteiger partial charge in [0.25, 0.3) is 10.0 Å². The smallest absolute Gasteiger partial charge is 0.265 e. The van der Waals surface area contributed by atoms with Gasteiger partial charge in [-0.3, -0.25) is 13.9 Å². The molecule has 11 nitrogen and oxygen atoms in total. The van der Waals surface area contributed by atoms with Crippen molar-refractivity contribution in [2.45, 2.75) is 69.0 Å². The summed E-state index contributed by atoms with van der Waals surface area (Å²) >= 11 is 0. The van der Waals surface area contributed by atoms with Crippen LogP contribution in [-0.2, 0) is 26.2 Å². The maximum absolute atomic E-state index is 14.5. The summed E-state index contributed by atoms with van der Waals surface area (Å²) in [5.41, 5.74) is 0.614. The Morgan fingerprint density at radius 1 is 0.854 bits per heavy atom. The number of carbonyl (C=O) groups excluding carboxylic acids is 2. The van der Waals surface area contributed by atoms with Crippen LogP contribution < -0.4 is 28.6 Å². The van der Waals surface area contributed by atoms with Crippen LogP contribution in [0.5, 0.6) is 23.0 Å². The summed E-state index contributed by atoms with van der Waals surface area (Å²) in [6.07, 6.45) is 5.08. The molecular formula is C35H44FN3O8S. The summed E-state index contributed by atoms with van der Waals surface area (Å²) in [5.74, 6) is -0.445. The van der Waals surface area contributed by atoms with E-state index < -0.39 is 34.3 Å². The van der Waals surface area contributed by atoms with Gasteiger partial charge in [0.05, 0.1) is 39.0 Å². The van der Waals surface area contributed by atoms with Crippen LogP contribution in [0.3, 0.4) is 0 Å². The molecule has 260 valence electrons. The van der Waals surface area contributed by atoms with Gasteiger partial charge < -0.3 is 29.2 Å². The van der Waals surface area contributed by atoms with E-state index in [4.69, 9.17) is 18.9 Å². The van der Waals surface area contributed by atoms with Gasteiger partial charge in [0, 0.05) is 24.7 Å². The third-order valence-electron chi connectivity index (χ3n) is 8.48. The molecule has 4 rings (SSSR count). The summed E-state index contributed by atoms with van der Waals surface area (Å²) in [6, 6.07) is 13.4. The summed E-state index contributed by atoms with van der Waals surface area (Å²) < 4.78 is 65.4. The Kier molecular flexibility index (Phi) is 12.5. The van der Waals surface area contributed by atoms with E-state index in [-0.39, 0.29) is 47.0 Å².